The molecule has 2 aromatic rings. The Labute approximate surface area is 127 Å². The largest absolute Gasteiger partial charge is 0.492 e. The van der Waals surface area contributed by atoms with Gasteiger partial charge in [-0.3, -0.25) is 4.90 Å². The number of benzene rings is 1. The summed E-state index contributed by atoms with van der Waals surface area (Å²) in [7, 11) is 0. The molecule has 4 heteroatoms. The molecule has 114 valence electrons. The van der Waals surface area contributed by atoms with Crippen LogP contribution < -0.4 is 4.74 Å². The minimum atomic E-state index is 0.740. The van der Waals surface area contributed by atoms with Crippen LogP contribution in [-0.2, 0) is 0 Å². The molecular formula is C17H25N3O. The van der Waals surface area contributed by atoms with Gasteiger partial charge >= 0.3 is 0 Å². The van der Waals surface area contributed by atoms with E-state index in [1.165, 1.54) is 12.8 Å². The van der Waals surface area contributed by atoms with Gasteiger partial charge in [0.25, 0.3) is 0 Å². The molecule has 0 N–H and O–H groups in total. The van der Waals surface area contributed by atoms with Gasteiger partial charge in [0, 0.05) is 24.6 Å². The summed E-state index contributed by atoms with van der Waals surface area (Å²) in [6, 6.07) is 8.12. The molecule has 21 heavy (non-hydrogen) atoms. The first-order valence-corrected chi connectivity index (χ1v) is 7.77. The number of ether oxygens (including phenoxy) is 1. The van der Waals surface area contributed by atoms with Crippen molar-refractivity contribution < 1.29 is 4.74 Å². The van der Waals surface area contributed by atoms with Crippen molar-refractivity contribution >= 4 is 0 Å². The second-order valence-corrected chi connectivity index (χ2v) is 5.15. The maximum atomic E-state index is 5.83. The zero-order valence-electron chi connectivity index (χ0n) is 13.0. The van der Waals surface area contributed by atoms with Crippen molar-refractivity contribution in [2.24, 2.45) is 0 Å². The Kier molecular flexibility index (Phi) is 6.28. The van der Waals surface area contributed by atoms with Crippen LogP contribution in [0.15, 0.2) is 43.0 Å². The summed E-state index contributed by atoms with van der Waals surface area (Å²) in [4.78, 5) is 6.51. The van der Waals surface area contributed by atoms with Gasteiger partial charge in [-0.2, -0.15) is 0 Å². The predicted octanol–water partition coefficient (Wildman–Crippen LogP) is 3.37. The maximum absolute atomic E-state index is 5.83. The van der Waals surface area contributed by atoms with Crippen LogP contribution in [0.4, 0.5) is 0 Å². The van der Waals surface area contributed by atoms with E-state index in [9.17, 15) is 0 Å². The van der Waals surface area contributed by atoms with Crippen LogP contribution in [0.2, 0.25) is 0 Å². The van der Waals surface area contributed by atoms with E-state index in [1.54, 1.807) is 12.5 Å². The van der Waals surface area contributed by atoms with Crippen molar-refractivity contribution in [3.63, 3.8) is 0 Å². The minimum Gasteiger partial charge on any atom is -0.492 e. The van der Waals surface area contributed by atoms with E-state index in [0.717, 1.165) is 37.7 Å². The molecule has 0 aliphatic heterocycles. The first-order valence-electron chi connectivity index (χ1n) is 7.77. The first kappa shape index (κ1) is 15.6. The van der Waals surface area contributed by atoms with Crippen LogP contribution >= 0.6 is 0 Å². The molecule has 0 bridgehead atoms. The molecule has 4 nitrogen and oxygen atoms in total. The van der Waals surface area contributed by atoms with Gasteiger partial charge in [0.05, 0.1) is 6.33 Å². The number of hydrogen-bond acceptors (Lipinski definition) is 3. The molecule has 0 unspecified atom stereocenters. The third-order valence-electron chi connectivity index (χ3n) is 3.40. The zero-order chi connectivity index (χ0) is 14.9. The SMILES string of the molecule is CCCN(CCC)CCOc1ccc(-n2ccnc2)cc1. The Morgan fingerprint density at radius 3 is 2.33 bits per heavy atom. The average molecular weight is 287 g/mol. The molecule has 0 aliphatic rings. The molecule has 1 heterocycles. The van der Waals surface area contributed by atoms with Gasteiger partial charge in [0.2, 0.25) is 0 Å². The van der Waals surface area contributed by atoms with Crippen LogP contribution in [0.5, 0.6) is 5.75 Å². The second-order valence-electron chi connectivity index (χ2n) is 5.15. The second kappa shape index (κ2) is 8.47. The van der Waals surface area contributed by atoms with Gasteiger partial charge in [-0.1, -0.05) is 13.8 Å². The van der Waals surface area contributed by atoms with Gasteiger partial charge in [0.15, 0.2) is 0 Å². The maximum Gasteiger partial charge on any atom is 0.119 e. The highest BCUT2D eigenvalue weighted by Gasteiger charge is 2.03. The van der Waals surface area contributed by atoms with Crippen LogP contribution in [0.1, 0.15) is 26.7 Å². The fourth-order valence-electron chi connectivity index (χ4n) is 2.39. The molecule has 1 aromatic carbocycles. The van der Waals surface area contributed by atoms with Gasteiger partial charge in [-0.05, 0) is 50.2 Å². The number of hydrogen-bond donors (Lipinski definition) is 0. The molecule has 2 rings (SSSR count). The van der Waals surface area contributed by atoms with E-state index < -0.39 is 0 Å². The highest BCUT2D eigenvalue weighted by atomic mass is 16.5. The molecule has 0 fully saturated rings. The highest BCUT2D eigenvalue weighted by molar-refractivity contribution is 5.37. The number of aromatic nitrogens is 2. The van der Waals surface area contributed by atoms with Crippen LogP contribution in [0.25, 0.3) is 5.69 Å². The van der Waals surface area contributed by atoms with Crippen molar-refractivity contribution in [2.75, 3.05) is 26.2 Å². The van der Waals surface area contributed by atoms with Crippen LogP contribution in [0, 0.1) is 0 Å². The Morgan fingerprint density at radius 2 is 1.76 bits per heavy atom. The molecular weight excluding hydrogens is 262 g/mol. The number of rotatable bonds is 9. The minimum absolute atomic E-state index is 0.740. The summed E-state index contributed by atoms with van der Waals surface area (Å²) >= 11 is 0. The van der Waals surface area contributed by atoms with E-state index in [1.807, 2.05) is 35.0 Å². The molecule has 0 saturated heterocycles. The lowest BCUT2D eigenvalue weighted by Gasteiger charge is -2.20. The Morgan fingerprint density at radius 1 is 1.05 bits per heavy atom. The quantitative estimate of drug-likeness (QED) is 0.708. The molecule has 0 saturated carbocycles. The van der Waals surface area contributed by atoms with Gasteiger partial charge in [-0.25, -0.2) is 4.98 Å². The summed E-state index contributed by atoms with van der Waals surface area (Å²) in [6.45, 7) is 8.47. The molecule has 0 amide bonds. The number of nitrogens with zero attached hydrogens (tertiary/aromatic N) is 3. The summed E-state index contributed by atoms with van der Waals surface area (Å²) in [5.74, 6) is 0.923. The normalized spacial score (nSPS) is 11.0. The number of imidazole rings is 1. The van der Waals surface area contributed by atoms with E-state index in [2.05, 4.69) is 23.7 Å². The summed E-state index contributed by atoms with van der Waals surface area (Å²) in [5, 5.41) is 0. The summed E-state index contributed by atoms with van der Waals surface area (Å²) in [6.07, 6.45) is 7.89. The molecule has 0 radical (unpaired) electrons. The lowest BCUT2D eigenvalue weighted by molar-refractivity contribution is 0.209. The van der Waals surface area contributed by atoms with Gasteiger partial charge in [-0.15, -0.1) is 0 Å². The van der Waals surface area contributed by atoms with Gasteiger partial charge in [0.1, 0.15) is 12.4 Å². The topological polar surface area (TPSA) is 30.3 Å². The van der Waals surface area contributed by atoms with Crippen LogP contribution in [-0.4, -0.2) is 40.7 Å². The Bertz CT molecular complexity index is 487. The van der Waals surface area contributed by atoms with E-state index in [0.29, 0.717) is 0 Å². The van der Waals surface area contributed by atoms with Crippen molar-refractivity contribution in [1.82, 2.24) is 14.5 Å². The van der Waals surface area contributed by atoms with E-state index in [-0.39, 0.29) is 0 Å². The molecule has 0 aliphatic carbocycles. The van der Waals surface area contributed by atoms with E-state index >= 15 is 0 Å². The fourth-order valence-corrected chi connectivity index (χ4v) is 2.39. The van der Waals surface area contributed by atoms with Crippen molar-refractivity contribution in [1.29, 1.82) is 0 Å². The Hall–Kier alpha value is -1.81. The third-order valence-corrected chi connectivity index (χ3v) is 3.40. The fraction of sp³-hybridized carbons (Fsp3) is 0.471. The highest BCUT2D eigenvalue weighted by Crippen LogP contribution is 2.15. The van der Waals surface area contributed by atoms with Gasteiger partial charge < -0.3 is 9.30 Å². The monoisotopic (exact) mass is 287 g/mol. The molecule has 1 aromatic heterocycles. The molecule has 0 spiro atoms. The average Bonchev–Trinajstić information content (AvgIpc) is 3.03. The lowest BCUT2D eigenvalue weighted by atomic mass is 10.3. The van der Waals surface area contributed by atoms with Crippen molar-refractivity contribution in [3.05, 3.63) is 43.0 Å². The van der Waals surface area contributed by atoms with Crippen molar-refractivity contribution in [2.45, 2.75) is 26.7 Å². The Balaban J connectivity index is 1.80. The summed E-state index contributed by atoms with van der Waals surface area (Å²) < 4.78 is 7.82. The third kappa shape index (κ3) is 4.90. The standard InChI is InChI=1S/C17H25N3O/c1-3-10-19(11-4-2)13-14-21-17-7-5-16(6-8-17)20-12-9-18-15-20/h5-9,12,15H,3-4,10-11,13-14H2,1-2H3. The van der Waals surface area contributed by atoms with Crippen molar-refractivity contribution in [3.8, 4) is 11.4 Å². The summed E-state index contributed by atoms with van der Waals surface area (Å²) in [5.41, 5.74) is 1.10. The predicted molar refractivity (Wildman–Crippen MR) is 86.1 cm³/mol. The van der Waals surface area contributed by atoms with E-state index in [4.69, 9.17) is 4.74 Å². The zero-order valence-corrected chi connectivity index (χ0v) is 13.0. The molecule has 0 atom stereocenters. The smallest absolute Gasteiger partial charge is 0.119 e. The van der Waals surface area contributed by atoms with Crippen LogP contribution in [0.3, 0.4) is 0 Å². The first-order chi connectivity index (χ1) is 10.3. The lowest BCUT2D eigenvalue weighted by Crippen LogP contribution is -2.30.